The molecule has 1 aromatic rings. The molecule has 2 N–H and O–H groups in total. The number of aliphatic carboxylic acids is 1. The Balaban J connectivity index is 1.87. The number of halogens is 1. The number of hydrogen-bond donors (Lipinski definition) is 2. The van der Waals surface area contributed by atoms with E-state index in [1.54, 1.807) is 19.9 Å². The zero-order chi connectivity index (χ0) is 15.6. The normalized spacial score (nSPS) is 16.2. The van der Waals surface area contributed by atoms with Crippen molar-refractivity contribution in [3.05, 3.63) is 29.6 Å². The van der Waals surface area contributed by atoms with Crippen molar-refractivity contribution in [2.75, 3.05) is 25.0 Å². The highest BCUT2D eigenvalue weighted by atomic mass is 19.1. The van der Waals surface area contributed by atoms with Gasteiger partial charge in [0.15, 0.2) is 0 Å². The Morgan fingerprint density at radius 1 is 1.48 bits per heavy atom. The van der Waals surface area contributed by atoms with Crippen LogP contribution in [0.5, 0.6) is 0 Å². The van der Waals surface area contributed by atoms with Crippen LogP contribution in [0.3, 0.4) is 0 Å². The molecular weight excluding hydrogens is 279 g/mol. The third-order valence-electron chi connectivity index (χ3n) is 3.25. The number of carboxylic acid groups (broad SMARTS) is 1. The molecule has 7 heteroatoms. The number of nitrogens with one attached hydrogen (secondary N) is 1. The molecule has 0 saturated carbocycles. The number of anilines is 1. The molecule has 6 nitrogen and oxygen atoms in total. The number of amides is 2. The molecule has 1 aliphatic heterocycles. The van der Waals surface area contributed by atoms with Crippen LogP contribution >= 0.6 is 0 Å². The zero-order valence-electron chi connectivity index (χ0n) is 11.9. The quantitative estimate of drug-likeness (QED) is 0.888. The second kappa shape index (κ2) is 5.69. The summed E-state index contributed by atoms with van der Waals surface area (Å²) < 4.78 is 18.8. The van der Waals surface area contributed by atoms with Gasteiger partial charge in [-0.25, -0.2) is 14.0 Å². The first-order valence-electron chi connectivity index (χ1n) is 6.47. The first-order valence-corrected chi connectivity index (χ1v) is 6.47. The largest absolute Gasteiger partial charge is 0.480 e. The van der Waals surface area contributed by atoms with Gasteiger partial charge in [0, 0.05) is 0 Å². The lowest BCUT2D eigenvalue weighted by molar-refractivity contribution is -0.159. The van der Waals surface area contributed by atoms with Crippen LogP contribution in [-0.2, 0) is 9.53 Å². The summed E-state index contributed by atoms with van der Waals surface area (Å²) >= 11 is 0. The van der Waals surface area contributed by atoms with Crippen molar-refractivity contribution >= 4 is 17.7 Å². The topological polar surface area (TPSA) is 78.9 Å². The van der Waals surface area contributed by atoms with Crippen LogP contribution in [0.25, 0.3) is 0 Å². The van der Waals surface area contributed by atoms with Gasteiger partial charge < -0.3 is 20.1 Å². The molecule has 21 heavy (non-hydrogen) atoms. The lowest BCUT2D eigenvalue weighted by atomic mass is 9.97. The molecule has 0 unspecified atom stereocenters. The third kappa shape index (κ3) is 3.69. The predicted molar refractivity (Wildman–Crippen MR) is 73.7 cm³/mol. The van der Waals surface area contributed by atoms with Crippen LogP contribution in [0.1, 0.15) is 12.5 Å². The van der Waals surface area contributed by atoms with Gasteiger partial charge in [0.1, 0.15) is 18.0 Å². The molecule has 1 saturated heterocycles. The Kier molecular flexibility index (Phi) is 4.13. The van der Waals surface area contributed by atoms with E-state index in [4.69, 9.17) is 9.84 Å². The molecule has 114 valence electrons. The number of urea groups is 1. The highest BCUT2D eigenvalue weighted by Crippen LogP contribution is 2.26. The fourth-order valence-electron chi connectivity index (χ4n) is 2.15. The summed E-state index contributed by atoms with van der Waals surface area (Å²) in [6.45, 7) is 3.61. The van der Waals surface area contributed by atoms with E-state index in [1.807, 2.05) is 0 Å². The van der Waals surface area contributed by atoms with E-state index < -0.39 is 30.0 Å². The van der Waals surface area contributed by atoms with Crippen molar-refractivity contribution in [3.63, 3.8) is 0 Å². The van der Waals surface area contributed by atoms with Gasteiger partial charge in [-0.1, -0.05) is 6.07 Å². The summed E-state index contributed by atoms with van der Waals surface area (Å²) in [5.74, 6) is -1.55. The average molecular weight is 296 g/mol. The molecule has 0 atom stereocenters. The molecule has 0 bridgehead atoms. The number of benzene rings is 1. The van der Waals surface area contributed by atoms with Crippen LogP contribution in [0.4, 0.5) is 14.9 Å². The Hall–Kier alpha value is -2.15. The Bertz CT molecular complexity index is 570. The van der Waals surface area contributed by atoms with Crippen LogP contribution in [0.15, 0.2) is 18.2 Å². The molecule has 0 aromatic heterocycles. The van der Waals surface area contributed by atoms with Gasteiger partial charge in [-0.2, -0.15) is 0 Å². The fraction of sp³-hybridized carbons (Fsp3) is 0.429. The first kappa shape index (κ1) is 15.2. The van der Waals surface area contributed by atoms with Gasteiger partial charge in [-0.05, 0) is 31.5 Å². The van der Waals surface area contributed by atoms with Crippen molar-refractivity contribution < 1.29 is 23.8 Å². The minimum atomic E-state index is -1.05. The summed E-state index contributed by atoms with van der Waals surface area (Å²) in [7, 11) is 0. The number of carbonyl (C=O) groups is 2. The van der Waals surface area contributed by atoms with Crippen LogP contribution in [0.2, 0.25) is 0 Å². The minimum absolute atomic E-state index is 0.116. The number of rotatable bonds is 4. The highest BCUT2D eigenvalue weighted by Gasteiger charge is 2.42. The van der Waals surface area contributed by atoms with Gasteiger partial charge in [-0.15, -0.1) is 0 Å². The minimum Gasteiger partial charge on any atom is -0.480 e. The highest BCUT2D eigenvalue weighted by molar-refractivity contribution is 5.90. The van der Waals surface area contributed by atoms with Gasteiger partial charge in [0.05, 0.1) is 18.8 Å². The van der Waals surface area contributed by atoms with Gasteiger partial charge in [-0.3, -0.25) is 0 Å². The van der Waals surface area contributed by atoms with Crippen molar-refractivity contribution in [2.24, 2.45) is 0 Å². The smallest absolute Gasteiger partial charge is 0.329 e. The SMILES string of the molecule is Cc1ccc(NC(=O)N2CC(C)(OCC(=O)O)C2)c(F)c1. The molecule has 0 radical (unpaired) electrons. The molecule has 2 rings (SSSR count). The first-order chi connectivity index (χ1) is 9.79. The van der Waals surface area contributed by atoms with E-state index in [-0.39, 0.29) is 18.8 Å². The second-order valence-corrected chi connectivity index (χ2v) is 5.40. The van der Waals surface area contributed by atoms with Crippen molar-refractivity contribution in [1.29, 1.82) is 0 Å². The van der Waals surface area contributed by atoms with E-state index in [0.29, 0.717) is 0 Å². The van der Waals surface area contributed by atoms with Crippen LogP contribution in [0, 0.1) is 12.7 Å². The molecule has 0 spiro atoms. The van der Waals surface area contributed by atoms with Crippen molar-refractivity contribution in [3.8, 4) is 0 Å². The molecule has 1 aromatic carbocycles. The predicted octanol–water partition coefficient (Wildman–Crippen LogP) is 1.84. The molecule has 0 aliphatic carbocycles. The van der Waals surface area contributed by atoms with Crippen LogP contribution < -0.4 is 5.32 Å². The molecule has 1 fully saturated rings. The summed E-state index contributed by atoms with van der Waals surface area (Å²) in [6, 6.07) is 4.11. The van der Waals surface area contributed by atoms with Crippen molar-refractivity contribution in [1.82, 2.24) is 4.90 Å². The monoisotopic (exact) mass is 296 g/mol. The number of nitrogens with zero attached hydrogens (tertiary/aromatic N) is 1. The van der Waals surface area contributed by atoms with E-state index in [1.165, 1.54) is 17.0 Å². The van der Waals surface area contributed by atoms with Crippen LogP contribution in [-0.4, -0.2) is 47.3 Å². The lowest BCUT2D eigenvalue weighted by Crippen LogP contribution is -2.64. The van der Waals surface area contributed by atoms with E-state index in [9.17, 15) is 14.0 Å². The second-order valence-electron chi connectivity index (χ2n) is 5.40. The number of hydrogen-bond acceptors (Lipinski definition) is 3. The number of ether oxygens (including phenoxy) is 1. The van der Waals surface area contributed by atoms with Gasteiger partial charge >= 0.3 is 12.0 Å². The summed E-state index contributed by atoms with van der Waals surface area (Å²) in [5.41, 5.74) is 0.219. The zero-order valence-corrected chi connectivity index (χ0v) is 11.9. The maximum absolute atomic E-state index is 13.6. The Morgan fingerprint density at radius 3 is 2.71 bits per heavy atom. The van der Waals surface area contributed by atoms with E-state index in [0.717, 1.165) is 5.56 Å². The molecule has 1 heterocycles. The summed E-state index contributed by atoms with van der Waals surface area (Å²) in [4.78, 5) is 23.8. The maximum atomic E-state index is 13.6. The summed E-state index contributed by atoms with van der Waals surface area (Å²) in [6.07, 6.45) is 0. The van der Waals surface area contributed by atoms with Gasteiger partial charge in [0.2, 0.25) is 0 Å². The fourth-order valence-corrected chi connectivity index (χ4v) is 2.15. The third-order valence-corrected chi connectivity index (χ3v) is 3.25. The van der Waals surface area contributed by atoms with Gasteiger partial charge in [0.25, 0.3) is 0 Å². The molecule has 1 aliphatic rings. The van der Waals surface area contributed by atoms with Crippen molar-refractivity contribution in [2.45, 2.75) is 19.4 Å². The Labute approximate surface area is 121 Å². The summed E-state index contributed by atoms with van der Waals surface area (Å²) in [5, 5.41) is 11.0. The number of likely N-dealkylation sites (tertiary alicyclic amines) is 1. The maximum Gasteiger partial charge on any atom is 0.329 e. The molecular formula is C14H17FN2O4. The lowest BCUT2D eigenvalue weighted by Gasteiger charge is -2.46. The Morgan fingerprint density at radius 2 is 2.14 bits per heavy atom. The van der Waals surface area contributed by atoms with E-state index >= 15 is 0 Å². The standard InChI is InChI=1S/C14H17FN2O4/c1-9-3-4-11(10(15)5-9)16-13(20)17-7-14(2,8-17)21-6-12(18)19/h3-5H,6-8H2,1-2H3,(H,16,20)(H,18,19). The number of carboxylic acids is 1. The number of aryl methyl sites for hydroxylation is 1. The average Bonchev–Trinajstić information content (AvgIpc) is 2.36. The van der Waals surface area contributed by atoms with E-state index in [2.05, 4.69) is 5.32 Å². The number of carbonyl (C=O) groups excluding carboxylic acids is 1. The molecule has 2 amide bonds.